The SMILES string of the molecule is O=c1cccc(-c2ccc(OC(F)(F)F)cc2)n1Cc1ccc(F)cc1F. The van der Waals surface area contributed by atoms with Gasteiger partial charge in [0.05, 0.1) is 12.2 Å². The fourth-order valence-corrected chi connectivity index (χ4v) is 2.58. The Kier molecular flexibility index (Phi) is 4.98. The average molecular weight is 381 g/mol. The zero-order valence-corrected chi connectivity index (χ0v) is 13.6. The monoisotopic (exact) mass is 381 g/mol. The number of alkyl halides is 3. The lowest BCUT2D eigenvalue weighted by molar-refractivity contribution is -0.274. The van der Waals surface area contributed by atoms with Gasteiger partial charge in [0.2, 0.25) is 0 Å². The van der Waals surface area contributed by atoms with Crippen LogP contribution in [-0.4, -0.2) is 10.9 Å². The molecule has 0 N–H and O–H groups in total. The molecule has 0 amide bonds. The van der Waals surface area contributed by atoms with Crippen LogP contribution < -0.4 is 10.3 Å². The van der Waals surface area contributed by atoms with E-state index in [0.717, 1.165) is 18.2 Å². The Balaban J connectivity index is 1.97. The zero-order valence-electron chi connectivity index (χ0n) is 13.6. The molecule has 0 saturated heterocycles. The smallest absolute Gasteiger partial charge is 0.406 e. The molecule has 0 aliphatic heterocycles. The van der Waals surface area contributed by atoms with E-state index >= 15 is 0 Å². The summed E-state index contributed by atoms with van der Waals surface area (Å²) in [6, 6.07) is 12.3. The molecule has 0 bridgehead atoms. The van der Waals surface area contributed by atoms with Gasteiger partial charge in [0.1, 0.15) is 17.4 Å². The first kappa shape index (κ1) is 18.6. The van der Waals surface area contributed by atoms with Gasteiger partial charge in [-0.25, -0.2) is 8.78 Å². The largest absolute Gasteiger partial charge is 0.573 e. The second-order valence-corrected chi connectivity index (χ2v) is 5.64. The van der Waals surface area contributed by atoms with Crippen molar-refractivity contribution in [3.63, 3.8) is 0 Å². The highest BCUT2D eigenvalue weighted by atomic mass is 19.4. The minimum atomic E-state index is -4.81. The van der Waals surface area contributed by atoms with Crippen molar-refractivity contribution in [1.29, 1.82) is 0 Å². The summed E-state index contributed by atoms with van der Waals surface area (Å²) in [5, 5.41) is 0. The van der Waals surface area contributed by atoms with Crippen molar-refractivity contribution >= 4 is 0 Å². The molecule has 0 spiro atoms. The third-order valence-electron chi connectivity index (χ3n) is 3.78. The lowest BCUT2D eigenvalue weighted by Gasteiger charge is -2.14. The van der Waals surface area contributed by atoms with Gasteiger partial charge in [0, 0.05) is 17.7 Å². The molecule has 1 aromatic heterocycles. The Labute approximate surface area is 150 Å². The van der Waals surface area contributed by atoms with E-state index in [1.165, 1.54) is 34.9 Å². The van der Waals surface area contributed by atoms with Crippen molar-refractivity contribution in [2.24, 2.45) is 0 Å². The molecule has 0 aliphatic rings. The molecule has 8 heteroatoms. The summed E-state index contributed by atoms with van der Waals surface area (Å²) < 4.78 is 68.8. The first-order valence-electron chi connectivity index (χ1n) is 7.73. The number of pyridine rings is 1. The van der Waals surface area contributed by atoms with E-state index in [1.54, 1.807) is 6.07 Å². The molecule has 3 aromatic rings. The summed E-state index contributed by atoms with van der Waals surface area (Å²) in [7, 11) is 0. The zero-order chi connectivity index (χ0) is 19.6. The van der Waals surface area contributed by atoms with E-state index in [-0.39, 0.29) is 12.1 Å². The fraction of sp³-hybridized carbons (Fsp3) is 0.105. The van der Waals surface area contributed by atoms with Crippen LogP contribution in [0.15, 0.2) is 65.5 Å². The van der Waals surface area contributed by atoms with E-state index in [9.17, 15) is 26.7 Å². The van der Waals surface area contributed by atoms with E-state index in [1.807, 2.05) is 0 Å². The minimum Gasteiger partial charge on any atom is -0.406 e. The van der Waals surface area contributed by atoms with E-state index in [0.29, 0.717) is 17.3 Å². The van der Waals surface area contributed by atoms with Crippen LogP contribution in [-0.2, 0) is 6.54 Å². The first-order valence-corrected chi connectivity index (χ1v) is 7.73. The summed E-state index contributed by atoms with van der Waals surface area (Å²) in [6.45, 7) is -0.165. The van der Waals surface area contributed by atoms with Gasteiger partial charge < -0.3 is 9.30 Å². The van der Waals surface area contributed by atoms with E-state index in [4.69, 9.17) is 0 Å². The van der Waals surface area contributed by atoms with Gasteiger partial charge in [0.15, 0.2) is 0 Å². The van der Waals surface area contributed by atoms with Crippen molar-refractivity contribution < 1.29 is 26.7 Å². The molecule has 0 fully saturated rings. The molecule has 140 valence electrons. The summed E-state index contributed by atoms with van der Waals surface area (Å²) in [4.78, 5) is 12.2. The third kappa shape index (κ3) is 4.52. The molecular formula is C19H12F5NO2. The lowest BCUT2D eigenvalue weighted by atomic mass is 10.1. The highest BCUT2D eigenvalue weighted by molar-refractivity contribution is 5.60. The third-order valence-corrected chi connectivity index (χ3v) is 3.78. The molecule has 0 radical (unpaired) electrons. The number of hydrogen-bond acceptors (Lipinski definition) is 2. The fourth-order valence-electron chi connectivity index (χ4n) is 2.58. The standard InChI is InChI=1S/C19H12F5NO2/c20-14-7-4-13(16(21)10-14)11-25-17(2-1-3-18(25)26)12-5-8-15(9-6-12)27-19(22,23)24/h1-10H,11H2. The van der Waals surface area contributed by atoms with Crippen LogP contribution in [0.2, 0.25) is 0 Å². The number of aromatic nitrogens is 1. The van der Waals surface area contributed by atoms with Gasteiger partial charge in [-0.3, -0.25) is 4.79 Å². The number of ether oxygens (including phenoxy) is 1. The number of nitrogens with zero attached hydrogens (tertiary/aromatic N) is 1. The second kappa shape index (κ2) is 7.22. The van der Waals surface area contributed by atoms with Crippen molar-refractivity contribution in [1.82, 2.24) is 4.57 Å². The van der Waals surface area contributed by atoms with Crippen molar-refractivity contribution in [3.05, 3.63) is 88.2 Å². The normalized spacial score (nSPS) is 11.4. The number of rotatable bonds is 4. The van der Waals surface area contributed by atoms with Gasteiger partial charge >= 0.3 is 6.36 Å². The minimum absolute atomic E-state index is 0.1000. The summed E-state index contributed by atoms with van der Waals surface area (Å²) >= 11 is 0. The van der Waals surface area contributed by atoms with Crippen LogP contribution in [0, 0.1) is 11.6 Å². The maximum absolute atomic E-state index is 13.9. The van der Waals surface area contributed by atoms with Gasteiger partial charge in [-0.05, 0) is 42.0 Å². The molecule has 0 atom stereocenters. The Hall–Kier alpha value is -3.16. The van der Waals surface area contributed by atoms with Gasteiger partial charge in [-0.15, -0.1) is 13.2 Å². The molecule has 0 aliphatic carbocycles. The summed E-state index contributed by atoms with van der Waals surface area (Å²) in [5.41, 5.74) is 0.462. The first-order chi connectivity index (χ1) is 12.7. The van der Waals surface area contributed by atoms with Crippen molar-refractivity contribution in [3.8, 4) is 17.0 Å². The highest BCUT2D eigenvalue weighted by Crippen LogP contribution is 2.26. The van der Waals surface area contributed by atoms with Crippen LogP contribution in [0.25, 0.3) is 11.3 Å². The maximum atomic E-state index is 13.9. The molecular weight excluding hydrogens is 369 g/mol. The maximum Gasteiger partial charge on any atom is 0.573 e. The highest BCUT2D eigenvalue weighted by Gasteiger charge is 2.31. The molecule has 0 saturated carbocycles. The Morgan fingerprint density at radius 1 is 0.926 bits per heavy atom. The molecule has 1 heterocycles. The predicted octanol–water partition coefficient (Wildman–Crippen LogP) is 4.74. The number of benzene rings is 2. The van der Waals surface area contributed by atoms with Crippen LogP contribution in [0.5, 0.6) is 5.75 Å². The van der Waals surface area contributed by atoms with Gasteiger partial charge in [0.25, 0.3) is 5.56 Å². The Morgan fingerprint density at radius 2 is 1.63 bits per heavy atom. The number of hydrogen-bond donors (Lipinski definition) is 0. The predicted molar refractivity (Wildman–Crippen MR) is 88.3 cm³/mol. The van der Waals surface area contributed by atoms with Crippen LogP contribution in [0.1, 0.15) is 5.56 Å². The van der Waals surface area contributed by atoms with E-state index in [2.05, 4.69) is 4.74 Å². The Morgan fingerprint density at radius 3 is 2.26 bits per heavy atom. The van der Waals surface area contributed by atoms with Crippen molar-refractivity contribution in [2.45, 2.75) is 12.9 Å². The molecule has 27 heavy (non-hydrogen) atoms. The van der Waals surface area contributed by atoms with Crippen LogP contribution >= 0.6 is 0 Å². The topological polar surface area (TPSA) is 31.2 Å². The lowest BCUT2D eigenvalue weighted by Crippen LogP contribution is -2.21. The average Bonchev–Trinajstić information content (AvgIpc) is 2.58. The van der Waals surface area contributed by atoms with Crippen molar-refractivity contribution in [2.75, 3.05) is 0 Å². The van der Waals surface area contributed by atoms with E-state index < -0.39 is 29.3 Å². The molecule has 2 aromatic carbocycles. The summed E-state index contributed by atoms with van der Waals surface area (Å²) in [6.07, 6.45) is -4.81. The summed E-state index contributed by atoms with van der Waals surface area (Å²) in [5.74, 6) is -1.94. The quantitative estimate of drug-likeness (QED) is 0.612. The molecule has 0 unspecified atom stereocenters. The second-order valence-electron chi connectivity index (χ2n) is 5.64. The van der Waals surface area contributed by atoms with Crippen LogP contribution in [0.3, 0.4) is 0 Å². The van der Waals surface area contributed by atoms with Gasteiger partial charge in [-0.2, -0.15) is 0 Å². The molecule has 3 nitrogen and oxygen atoms in total. The number of halogens is 5. The molecule has 3 rings (SSSR count). The van der Waals surface area contributed by atoms with Gasteiger partial charge in [-0.1, -0.05) is 12.1 Å². The van der Waals surface area contributed by atoms with Crippen LogP contribution in [0.4, 0.5) is 22.0 Å². The Bertz CT molecular complexity index is 1010.